The van der Waals surface area contributed by atoms with Crippen LogP contribution in [0.2, 0.25) is 0 Å². The van der Waals surface area contributed by atoms with Gasteiger partial charge in [0.05, 0.1) is 12.2 Å². The number of halogens is 1. The Kier molecular flexibility index (Phi) is 8.38. The number of aliphatic imine (C=N–C) groups is 1. The van der Waals surface area contributed by atoms with Crippen molar-refractivity contribution in [3.8, 4) is 5.75 Å². The van der Waals surface area contributed by atoms with Gasteiger partial charge in [0, 0.05) is 39.5 Å². The first-order valence-corrected chi connectivity index (χ1v) is 8.78. The number of hydrogen-bond donors (Lipinski definition) is 1. The van der Waals surface area contributed by atoms with Crippen molar-refractivity contribution in [1.29, 1.82) is 0 Å². The third kappa shape index (κ3) is 6.13. The number of guanidine groups is 1. The SMILES string of the molecule is CN=C(NCCc1cn2ccccc2n1)N(C)CCOc1ccccc1.I. The van der Waals surface area contributed by atoms with Crippen LogP contribution >= 0.6 is 24.0 Å². The minimum atomic E-state index is 0. The van der Waals surface area contributed by atoms with Gasteiger partial charge in [0.25, 0.3) is 0 Å². The number of ether oxygens (including phenoxy) is 1. The van der Waals surface area contributed by atoms with E-state index in [4.69, 9.17) is 4.74 Å². The zero-order valence-electron chi connectivity index (χ0n) is 15.7. The average molecular weight is 479 g/mol. The fourth-order valence-electron chi connectivity index (χ4n) is 2.72. The highest BCUT2D eigenvalue weighted by molar-refractivity contribution is 14.0. The molecular formula is C20H26IN5O. The lowest BCUT2D eigenvalue weighted by atomic mass is 10.3. The number of hydrogen-bond acceptors (Lipinski definition) is 3. The average Bonchev–Trinajstić information content (AvgIpc) is 3.09. The molecule has 0 spiro atoms. The molecule has 0 aliphatic heterocycles. The number of nitrogens with one attached hydrogen (secondary N) is 1. The molecule has 0 saturated heterocycles. The number of aromatic nitrogens is 2. The van der Waals surface area contributed by atoms with Crippen LogP contribution in [0.1, 0.15) is 5.69 Å². The van der Waals surface area contributed by atoms with Crippen LogP contribution in [0.4, 0.5) is 0 Å². The molecule has 27 heavy (non-hydrogen) atoms. The van der Waals surface area contributed by atoms with E-state index in [1.807, 2.05) is 66.2 Å². The van der Waals surface area contributed by atoms with E-state index in [1.165, 1.54) is 0 Å². The lowest BCUT2D eigenvalue weighted by Gasteiger charge is -2.22. The molecule has 2 heterocycles. The molecule has 2 aromatic heterocycles. The number of imidazole rings is 1. The minimum absolute atomic E-state index is 0. The summed E-state index contributed by atoms with van der Waals surface area (Å²) in [4.78, 5) is 11.0. The first-order chi connectivity index (χ1) is 12.8. The Morgan fingerprint density at radius 1 is 1.19 bits per heavy atom. The Bertz CT molecular complexity index is 817. The van der Waals surface area contributed by atoms with Gasteiger partial charge in [-0.1, -0.05) is 24.3 Å². The molecule has 144 valence electrons. The van der Waals surface area contributed by atoms with Crippen LogP contribution in [0.25, 0.3) is 5.65 Å². The molecule has 1 aromatic carbocycles. The number of nitrogens with zero attached hydrogens (tertiary/aromatic N) is 4. The van der Waals surface area contributed by atoms with E-state index in [-0.39, 0.29) is 24.0 Å². The van der Waals surface area contributed by atoms with Gasteiger partial charge >= 0.3 is 0 Å². The molecule has 0 amide bonds. The van der Waals surface area contributed by atoms with Crippen molar-refractivity contribution >= 4 is 35.6 Å². The van der Waals surface area contributed by atoms with Crippen molar-refractivity contribution in [2.45, 2.75) is 6.42 Å². The van der Waals surface area contributed by atoms with E-state index in [2.05, 4.69) is 26.4 Å². The Hall–Kier alpha value is -2.29. The highest BCUT2D eigenvalue weighted by Crippen LogP contribution is 2.08. The summed E-state index contributed by atoms with van der Waals surface area (Å²) in [5.41, 5.74) is 2.04. The molecule has 7 heteroatoms. The standard InChI is InChI=1S/C20H25N5O.HI/c1-21-20(24(2)14-15-26-18-8-4-3-5-9-18)22-12-11-17-16-25-13-7-6-10-19(25)23-17;/h3-10,13,16H,11-12,14-15H2,1-2H3,(H,21,22);1H. The lowest BCUT2D eigenvalue weighted by molar-refractivity contribution is 0.281. The zero-order chi connectivity index (χ0) is 18.2. The number of likely N-dealkylation sites (N-methyl/N-ethyl adjacent to an activating group) is 1. The van der Waals surface area contributed by atoms with E-state index in [1.54, 1.807) is 7.05 Å². The summed E-state index contributed by atoms with van der Waals surface area (Å²) >= 11 is 0. The Morgan fingerprint density at radius 2 is 1.96 bits per heavy atom. The maximum Gasteiger partial charge on any atom is 0.193 e. The maximum absolute atomic E-state index is 5.74. The monoisotopic (exact) mass is 479 g/mol. The van der Waals surface area contributed by atoms with Gasteiger partial charge in [0.1, 0.15) is 18.0 Å². The van der Waals surface area contributed by atoms with Gasteiger partial charge < -0.3 is 19.4 Å². The highest BCUT2D eigenvalue weighted by atomic mass is 127. The van der Waals surface area contributed by atoms with Crippen LogP contribution in [0.3, 0.4) is 0 Å². The van der Waals surface area contributed by atoms with Crippen LogP contribution in [0.15, 0.2) is 65.9 Å². The largest absolute Gasteiger partial charge is 0.492 e. The molecule has 3 aromatic rings. The molecule has 6 nitrogen and oxygen atoms in total. The quantitative estimate of drug-likeness (QED) is 0.322. The Labute approximate surface area is 177 Å². The minimum Gasteiger partial charge on any atom is -0.492 e. The summed E-state index contributed by atoms with van der Waals surface area (Å²) in [6, 6.07) is 15.9. The van der Waals surface area contributed by atoms with Gasteiger partial charge in [0.15, 0.2) is 5.96 Å². The van der Waals surface area contributed by atoms with Crippen LogP contribution in [-0.4, -0.2) is 54.0 Å². The molecule has 1 N–H and O–H groups in total. The molecule has 0 bridgehead atoms. The Morgan fingerprint density at radius 3 is 2.70 bits per heavy atom. The molecule has 0 fully saturated rings. The van der Waals surface area contributed by atoms with Crippen LogP contribution in [0.5, 0.6) is 5.75 Å². The molecule has 0 unspecified atom stereocenters. The van der Waals surface area contributed by atoms with Crippen molar-refractivity contribution in [2.24, 2.45) is 4.99 Å². The predicted octanol–water partition coefficient (Wildman–Crippen LogP) is 3.08. The summed E-state index contributed by atoms with van der Waals surface area (Å²) in [6.07, 6.45) is 4.92. The molecule has 0 aliphatic carbocycles. The van der Waals surface area contributed by atoms with Crippen LogP contribution < -0.4 is 10.1 Å². The van der Waals surface area contributed by atoms with Crippen LogP contribution in [0, 0.1) is 0 Å². The topological polar surface area (TPSA) is 54.2 Å². The second-order valence-electron chi connectivity index (χ2n) is 6.01. The first-order valence-electron chi connectivity index (χ1n) is 8.78. The third-order valence-electron chi connectivity index (χ3n) is 4.09. The second kappa shape index (κ2) is 10.8. The summed E-state index contributed by atoms with van der Waals surface area (Å²) in [7, 11) is 3.80. The van der Waals surface area contributed by atoms with E-state index < -0.39 is 0 Å². The number of pyridine rings is 1. The highest BCUT2D eigenvalue weighted by Gasteiger charge is 2.07. The number of benzene rings is 1. The number of fused-ring (bicyclic) bond motifs is 1. The molecule has 0 aliphatic rings. The first kappa shape index (κ1) is 21.0. The predicted molar refractivity (Wildman–Crippen MR) is 120 cm³/mol. The molecule has 0 atom stereocenters. The second-order valence-corrected chi connectivity index (χ2v) is 6.01. The van der Waals surface area contributed by atoms with Gasteiger partial charge in [-0.25, -0.2) is 4.98 Å². The number of rotatable bonds is 7. The van der Waals surface area contributed by atoms with Crippen molar-refractivity contribution < 1.29 is 4.74 Å². The molecule has 3 rings (SSSR count). The van der Waals surface area contributed by atoms with E-state index >= 15 is 0 Å². The lowest BCUT2D eigenvalue weighted by Crippen LogP contribution is -2.41. The maximum atomic E-state index is 5.74. The fraction of sp³-hybridized carbons (Fsp3) is 0.300. The van der Waals surface area contributed by atoms with Crippen molar-refractivity contribution in [2.75, 3.05) is 33.8 Å². The van der Waals surface area contributed by atoms with E-state index in [9.17, 15) is 0 Å². The van der Waals surface area contributed by atoms with Crippen molar-refractivity contribution in [3.05, 3.63) is 66.6 Å². The van der Waals surface area contributed by atoms with Gasteiger partial charge in [-0.15, -0.1) is 24.0 Å². The van der Waals surface area contributed by atoms with Gasteiger partial charge in [-0.3, -0.25) is 4.99 Å². The molecular weight excluding hydrogens is 453 g/mol. The van der Waals surface area contributed by atoms with Gasteiger partial charge in [0.2, 0.25) is 0 Å². The van der Waals surface area contributed by atoms with Crippen molar-refractivity contribution in [1.82, 2.24) is 19.6 Å². The summed E-state index contributed by atoms with van der Waals surface area (Å²) in [6.45, 7) is 2.14. The summed E-state index contributed by atoms with van der Waals surface area (Å²) in [5.74, 6) is 1.74. The fourth-order valence-corrected chi connectivity index (χ4v) is 2.72. The molecule has 0 radical (unpaired) electrons. The van der Waals surface area contributed by atoms with Gasteiger partial charge in [-0.05, 0) is 24.3 Å². The van der Waals surface area contributed by atoms with E-state index in [0.717, 1.165) is 42.6 Å². The van der Waals surface area contributed by atoms with Crippen LogP contribution in [-0.2, 0) is 6.42 Å². The summed E-state index contributed by atoms with van der Waals surface area (Å²) in [5, 5.41) is 3.38. The van der Waals surface area contributed by atoms with Gasteiger partial charge in [-0.2, -0.15) is 0 Å². The van der Waals surface area contributed by atoms with Crippen molar-refractivity contribution in [3.63, 3.8) is 0 Å². The molecule has 0 saturated carbocycles. The normalized spacial score (nSPS) is 11.1. The number of para-hydroxylation sites is 1. The smallest absolute Gasteiger partial charge is 0.193 e. The summed E-state index contributed by atoms with van der Waals surface area (Å²) < 4.78 is 7.78. The Balaban J connectivity index is 0.00000261. The third-order valence-corrected chi connectivity index (χ3v) is 4.09. The zero-order valence-corrected chi connectivity index (χ0v) is 18.0. The van der Waals surface area contributed by atoms with E-state index in [0.29, 0.717) is 6.61 Å².